The summed E-state index contributed by atoms with van der Waals surface area (Å²) in [5.74, 6) is 0.935. The van der Waals surface area contributed by atoms with Crippen LogP contribution >= 0.6 is 0 Å². The summed E-state index contributed by atoms with van der Waals surface area (Å²) in [5.41, 5.74) is 1.32. The predicted octanol–water partition coefficient (Wildman–Crippen LogP) is 3.70. The standard InChI is InChI=1S/C17H27NO2/c1-3-18-17(11-5-8-15-10-6-12-20-15)14-7-4-9-16(13-14)19-2/h4,7,9,13,15,17-18H,3,5-6,8,10-12H2,1-2H3. The largest absolute Gasteiger partial charge is 0.497 e. The fraction of sp³-hybridized carbons (Fsp3) is 0.647. The molecule has 1 aromatic rings. The number of rotatable bonds is 8. The minimum Gasteiger partial charge on any atom is -0.497 e. The van der Waals surface area contributed by atoms with Crippen LogP contribution in [-0.2, 0) is 4.74 Å². The van der Waals surface area contributed by atoms with Crippen LogP contribution < -0.4 is 10.1 Å². The first-order chi connectivity index (χ1) is 9.83. The monoisotopic (exact) mass is 277 g/mol. The third kappa shape index (κ3) is 4.50. The Morgan fingerprint density at radius 1 is 1.45 bits per heavy atom. The molecule has 1 heterocycles. The Hall–Kier alpha value is -1.06. The Labute approximate surface area is 122 Å². The van der Waals surface area contributed by atoms with Gasteiger partial charge in [0.1, 0.15) is 5.75 Å². The van der Waals surface area contributed by atoms with Crippen molar-refractivity contribution in [1.29, 1.82) is 0 Å². The van der Waals surface area contributed by atoms with Crippen molar-refractivity contribution in [1.82, 2.24) is 5.32 Å². The number of methoxy groups -OCH3 is 1. The number of ether oxygens (including phenoxy) is 2. The molecule has 1 aliphatic rings. The van der Waals surface area contributed by atoms with E-state index in [1.807, 2.05) is 6.07 Å². The normalized spacial score (nSPS) is 20.0. The van der Waals surface area contributed by atoms with Crippen LogP contribution in [0.15, 0.2) is 24.3 Å². The first-order valence-corrected chi connectivity index (χ1v) is 7.82. The van der Waals surface area contributed by atoms with E-state index in [0.29, 0.717) is 12.1 Å². The van der Waals surface area contributed by atoms with E-state index in [2.05, 4.69) is 30.4 Å². The topological polar surface area (TPSA) is 30.5 Å². The lowest BCUT2D eigenvalue weighted by molar-refractivity contribution is 0.101. The molecule has 2 unspecified atom stereocenters. The number of hydrogen-bond donors (Lipinski definition) is 1. The highest BCUT2D eigenvalue weighted by atomic mass is 16.5. The Morgan fingerprint density at radius 2 is 2.35 bits per heavy atom. The zero-order valence-corrected chi connectivity index (χ0v) is 12.7. The summed E-state index contributed by atoms with van der Waals surface area (Å²) in [6, 6.07) is 8.80. The first kappa shape index (κ1) is 15.3. The van der Waals surface area contributed by atoms with Crippen molar-refractivity contribution in [3.63, 3.8) is 0 Å². The zero-order valence-electron chi connectivity index (χ0n) is 12.7. The molecule has 0 aliphatic carbocycles. The van der Waals surface area contributed by atoms with Crippen molar-refractivity contribution in [2.24, 2.45) is 0 Å². The lowest BCUT2D eigenvalue weighted by Gasteiger charge is -2.20. The van der Waals surface area contributed by atoms with Gasteiger partial charge >= 0.3 is 0 Å². The van der Waals surface area contributed by atoms with Crippen molar-refractivity contribution < 1.29 is 9.47 Å². The van der Waals surface area contributed by atoms with Gasteiger partial charge in [-0.25, -0.2) is 0 Å². The molecule has 1 aromatic carbocycles. The Balaban J connectivity index is 1.87. The number of benzene rings is 1. The van der Waals surface area contributed by atoms with E-state index in [1.54, 1.807) is 7.11 Å². The van der Waals surface area contributed by atoms with Gasteiger partial charge in [0.05, 0.1) is 13.2 Å². The molecule has 3 nitrogen and oxygen atoms in total. The molecule has 0 aromatic heterocycles. The van der Waals surface area contributed by atoms with Gasteiger partial charge in [-0.15, -0.1) is 0 Å². The van der Waals surface area contributed by atoms with E-state index in [1.165, 1.54) is 31.2 Å². The summed E-state index contributed by atoms with van der Waals surface area (Å²) < 4.78 is 11.0. The molecule has 0 bridgehead atoms. The lowest BCUT2D eigenvalue weighted by atomic mass is 9.99. The second-order valence-corrected chi connectivity index (χ2v) is 5.45. The molecular formula is C17H27NO2. The van der Waals surface area contributed by atoms with E-state index >= 15 is 0 Å². The molecule has 3 heteroatoms. The fourth-order valence-electron chi connectivity index (χ4n) is 2.91. The van der Waals surface area contributed by atoms with Gasteiger partial charge in [0.25, 0.3) is 0 Å². The van der Waals surface area contributed by atoms with Gasteiger partial charge in [0.2, 0.25) is 0 Å². The molecule has 112 valence electrons. The van der Waals surface area contributed by atoms with Crippen molar-refractivity contribution in [2.75, 3.05) is 20.3 Å². The maximum Gasteiger partial charge on any atom is 0.119 e. The quantitative estimate of drug-likeness (QED) is 0.786. The van der Waals surface area contributed by atoms with Crippen LogP contribution in [0.5, 0.6) is 5.75 Å². The number of hydrogen-bond acceptors (Lipinski definition) is 3. The third-order valence-electron chi connectivity index (χ3n) is 3.99. The molecule has 2 atom stereocenters. The molecule has 0 spiro atoms. The summed E-state index contributed by atoms with van der Waals surface area (Å²) in [5, 5.41) is 3.58. The molecule has 0 saturated carbocycles. The van der Waals surface area contributed by atoms with Gasteiger partial charge in [-0.2, -0.15) is 0 Å². The molecule has 1 aliphatic heterocycles. The van der Waals surface area contributed by atoms with Crippen molar-refractivity contribution in [3.8, 4) is 5.75 Å². The summed E-state index contributed by atoms with van der Waals surface area (Å²) in [4.78, 5) is 0. The van der Waals surface area contributed by atoms with Gasteiger partial charge in [0.15, 0.2) is 0 Å². The van der Waals surface area contributed by atoms with Crippen molar-refractivity contribution in [3.05, 3.63) is 29.8 Å². The molecule has 0 amide bonds. The Morgan fingerprint density at radius 3 is 3.05 bits per heavy atom. The van der Waals surface area contributed by atoms with Gasteiger partial charge in [0, 0.05) is 12.6 Å². The zero-order chi connectivity index (χ0) is 14.2. The summed E-state index contributed by atoms with van der Waals surface area (Å²) in [6.07, 6.45) is 6.52. The van der Waals surface area contributed by atoms with Crippen molar-refractivity contribution in [2.45, 2.75) is 51.2 Å². The van der Waals surface area contributed by atoms with Crippen LogP contribution in [0, 0.1) is 0 Å². The van der Waals surface area contributed by atoms with Crippen LogP contribution in [0.3, 0.4) is 0 Å². The maximum atomic E-state index is 5.70. The van der Waals surface area contributed by atoms with E-state index in [0.717, 1.165) is 25.3 Å². The SMILES string of the molecule is CCNC(CCCC1CCCO1)c1cccc(OC)c1. The molecule has 0 radical (unpaired) electrons. The highest BCUT2D eigenvalue weighted by Gasteiger charge is 2.17. The molecular weight excluding hydrogens is 250 g/mol. The van der Waals surface area contributed by atoms with Crippen LogP contribution in [0.25, 0.3) is 0 Å². The third-order valence-corrected chi connectivity index (χ3v) is 3.99. The number of nitrogens with one attached hydrogen (secondary N) is 1. The van der Waals surface area contributed by atoms with Crippen LogP contribution in [0.1, 0.15) is 50.6 Å². The minimum absolute atomic E-state index is 0.413. The average Bonchev–Trinajstić information content (AvgIpc) is 3.00. The van der Waals surface area contributed by atoms with Crippen molar-refractivity contribution >= 4 is 0 Å². The van der Waals surface area contributed by atoms with Gasteiger partial charge in [-0.1, -0.05) is 19.1 Å². The fourth-order valence-corrected chi connectivity index (χ4v) is 2.91. The summed E-state index contributed by atoms with van der Waals surface area (Å²) in [6.45, 7) is 4.10. The van der Waals surface area contributed by atoms with Crippen LogP contribution in [-0.4, -0.2) is 26.4 Å². The lowest BCUT2D eigenvalue weighted by Crippen LogP contribution is -2.21. The Kier molecular flexibility index (Phi) is 6.34. The summed E-state index contributed by atoms with van der Waals surface area (Å²) in [7, 11) is 1.72. The molecule has 1 N–H and O–H groups in total. The van der Waals surface area contributed by atoms with E-state index in [-0.39, 0.29) is 0 Å². The van der Waals surface area contributed by atoms with E-state index < -0.39 is 0 Å². The Bertz CT molecular complexity index is 388. The minimum atomic E-state index is 0.413. The van der Waals surface area contributed by atoms with Gasteiger partial charge < -0.3 is 14.8 Å². The van der Waals surface area contributed by atoms with E-state index in [4.69, 9.17) is 9.47 Å². The molecule has 2 rings (SSSR count). The average molecular weight is 277 g/mol. The second-order valence-electron chi connectivity index (χ2n) is 5.45. The second kappa shape index (κ2) is 8.28. The maximum absolute atomic E-state index is 5.70. The smallest absolute Gasteiger partial charge is 0.119 e. The highest BCUT2D eigenvalue weighted by Crippen LogP contribution is 2.25. The molecule has 1 saturated heterocycles. The summed E-state index contributed by atoms with van der Waals surface area (Å²) >= 11 is 0. The molecule has 20 heavy (non-hydrogen) atoms. The van der Waals surface area contributed by atoms with Crippen LogP contribution in [0.4, 0.5) is 0 Å². The predicted molar refractivity (Wildman–Crippen MR) is 82.2 cm³/mol. The van der Waals surface area contributed by atoms with E-state index in [9.17, 15) is 0 Å². The molecule has 1 fully saturated rings. The van der Waals surface area contributed by atoms with Gasteiger partial charge in [-0.05, 0) is 56.3 Å². The highest BCUT2D eigenvalue weighted by molar-refractivity contribution is 5.30. The first-order valence-electron chi connectivity index (χ1n) is 7.82. The van der Waals surface area contributed by atoms with Crippen LogP contribution in [0.2, 0.25) is 0 Å². The van der Waals surface area contributed by atoms with Gasteiger partial charge in [-0.3, -0.25) is 0 Å².